The van der Waals surface area contributed by atoms with E-state index in [9.17, 15) is 14.0 Å². The van der Waals surface area contributed by atoms with Gasteiger partial charge < -0.3 is 5.73 Å². The van der Waals surface area contributed by atoms with Gasteiger partial charge in [-0.1, -0.05) is 29.8 Å². The largest absolute Gasteiger partial charge is 0.383 e. The van der Waals surface area contributed by atoms with E-state index in [0.29, 0.717) is 16.3 Å². The molecule has 3 rings (SSSR count). The Morgan fingerprint density at radius 3 is 2.42 bits per heavy atom. The second-order valence-electron chi connectivity index (χ2n) is 5.03. The summed E-state index contributed by atoms with van der Waals surface area (Å²) in [5.41, 5.74) is 7.18. The molecule has 0 saturated heterocycles. The van der Waals surface area contributed by atoms with Gasteiger partial charge in [-0.15, -0.1) is 0 Å². The molecular weight excluding hydrogens is 332 g/mol. The Labute approximate surface area is 141 Å². The minimum atomic E-state index is -0.790. The fourth-order valence-corrected chi connectivity index (χ4v) is 2.64. The van der Waals surface area contributed by atoms with Crippen molar-refractivity contribution in [3.05, 3.63) is 70.8 Å². The number of anilines is 1. The van der Waals surface area contributed by atoms with Gasteiger partial charge in [0.1, 0.15) is 29.1 Å². The number of nitrogens with zero attached hydrogens (tertiary/aromatic N) is 2. The summed E-state index contributed by atoms with van der Waals surface area (Å²) in [5, 5.41) is 9.77. The summed E-state index contributed by atoms with van der Waals surface area (Å²) >= 11 is 6.17. The van der Waals surface area contributed by atoms with Crippen molar-refractivity contribution < 1.29 is 8.78 Å². The van der Waals surface area contributed by atoms with Crippen molar-refractivity contribution in [2.75, 3.05) is 5.73 Å². The third kappa shape index (κ3) is 2.80. The smallest absolute Gasteiger partial charge is 0.142 e. The zero-order valence-corrected chi connectivity index (χ0v) is 13.0. The fourth-order valence-electron chi connectivity index (χ4n) is 2.41. The zero-order valence-electron chi connectivity index (χ0n) is 12.2. The van der Waals surface area contributed by atoms with E-state index in [1.54, 1.807) is 24.3 Å². The molecule has 1 aromatic heterocycles. The van der Waals surface area contributed by atoms with Gasteiger partial charge in [-0.25, -0.2) is 13.8 Å². The lowest BCUT2D eigenvalue weighted by atomic mass is 9.98. The summed E-state index contributed by atoms with van der Waals surface area (Å²) in [6.07, 6.45) is 0. The second kappa shape index (κ2) is 6.26. The SMILES string of the molecule is N#Cc1c(-c2ccc(F)cc2F)cc(-c2ccccc2Cl)nc1N. The van der Waals surface area contributed by atoms with E-state index in [0.717, 1.165) is 12.1 Å². The molecule has 0 aliphatic carbocycles. The molecule has 2 N–H and O–H groups in total. The van der Waals surface area contributed by atoms with Gasteiger partial charge in [-0.3, -0.25) is 0 Å². The van der Waals surface area contributed by atoms with E-state index < -0.39 is 11.6 Å². The van der Waals surface area contributed by atoms with Crippen LogP contribution in [0.3, 0.4) is 0 Å². The summed E-state index contributed by atoms with van der Waals surface area (Å²) in [6.45, 7) is 0. The van der Waals surface area contributed by atoms with Crippen LogP contribution in [-0.2, 0) is 0 Å². The highest BCUT2D eigenvalue weighted by molar-refractivity contribution is 6.33. The van der Waals surface area contributed by atoms with Gasteiger partial charge in [0.05, 0.1) is 5.69 Å². The molecule has 3 nitrogen and oxygen atoms in total. The molecule has 0 aliphatic rings. The van der Waals surface area contributed by atoms with Crippen LogP contribution in [0.2, 0.25) is 5.02 Å². The van der Waals surface area contributed by atoms with Crippen LogP contribution in [0.1, 0.15) is 5.56 Å². The summed E-state index contributed by atoms with van der Waals surface area (Å²) < 4.78 is 27.3. The first-order valence-corrected chi connectivity index (χ1v) is 7.30. The maximum Gasteiger partial charge on any atom is 0.142 e. The average molecular weight is 342 g/mol. The third-order valence-electron chi connectivity index (χ3n) is 3.53. The van der Waals surface area contributed by atoms with E-state index in [1.807, 2.05) is 6.07 Å². The van der Waals surface area contributed by atoms with Crippen LogP contribution in [0.15, 0.2) is 48.5 Å². The van der Waals surface area contributed by atoms with Crippen LogP contribution < -0.4 is 5.73 Å². The highest BCUT2D eigenvalue weighted by Crippen LogP contribution is 2.34. The predicted octanol–water partition coefficient (Wildman–Crippen LogP) is 4.80. The Kier molecular flexibility index (Phi) is 4.15. The van der Waals surface area contributed by atoms with Gasteiger partial charge in [-0.05, 0) is 24.3 Å². The van der Waals surface area contributed by atoms with E-state index in [4.69, 9.17) is 17.3 Å². The number of rotatable bonds is 2. The molecule has 0 bridgehead atoms. The van der Waals surface area contributed by atoms with Crippen molar-refractivity contribution in [1.82, 2.24) is 4.98 Å². The Bertz CT molecular complexity index is 980. The van der Waals surface area contributed by atoms with Gasteiger partial charge in [-0.2, -0.15) is 5.26 Å². The molecule has 0 unspecified atom stereocenters. The molecule has 24 heavy (non-hydrogen) atoms. The maximum absolute atomic E-state index is 14.2. The summed E-state index contributed by atoms with van der Waals surface area (Å²) in [4.78, 5) is 4.18. The molecule has 118 valence electrons. The van der Waals surface area contributed by atoms with Crippen LogP contribution in [0.4, 0.5) is 14.6 Å². The molecule has 0 aliphatic heterocycles. The lowest BCUT2D eigenvalue weighted by Crippen LogP contribution is -2.01. The predicted molar refractivity (Wildman–Crippen MR) is 89.2 cm³/mol. The van der Waals surface area contributed by atoms with Gasteiger partial charge in [0.2, 0.25) is 0 Å². The first-order chi connectivity index (χ1) is 11.5. The van der Waals surface area contributed by atoms with Crippen molar-refractivity contribution in [2.45, 2.75) is 0 Å². The fraction of sp³-hybridized carbons (Fsp3) is 0. The third-order valence-corrected chi connectivity index (χ3v) is 3.86. The number of halogens is 3. The number of nitrogen functional groups attached to an aromatic ring is 1. The number of aromatic nitrogens is 1. The Balaban J connectivity index is 2.29. The normalized spacial score (nSPS) is 10.4. The van der Waals surface area contributed by atoms with Crippen molar-refractivity contribution in [2.24, 2.45) is 0 Å². The molecular formula is C18H10ClF2N3. The summed E-state index contributed by atoms with van der Waals surface area (Å²) in [7, 11) is 0. The topological polar surface area (TPSA) is 62.7 Å². The number of hydrogen-bond acceptors (Lipinski definition) is 3. The molecule has 0 atom stereocenters. The van der Waals surface area contributed by atoms with E-state index in [1.165, 1.54) is 12.1 Å². The first-order valence-electron chi connectivity index (χ1n) is 6.92. The van der Waals surface area contributed by atoms with Crippen LogP contribution in [-0.4, -0.2) is 4.98 Å². The average Bonchev–Trinajstić information content (AvgIpc) is 2.54. The molecule has 0 amide bonds. The van der Waals surface area contributed by atoms with Gasteiger partial charge >= 0.3 is 0 Å². The Hall–Kier alpha value is -2.97. The minimum Gasteiger partial charge on any atom is -0.383 e. The quantitative estimate of drug-likeness (QED) is 0.728. The van der Waals surface area contributed by atoms with Gasteiger partial charge in [0.25, 0.3) is 0 Å². The van der Waals surface area contributed by atoms with Crippen molar-refractivity contribution >= 4 is 17.4 Å². The number of benzene rings is 2. The number of hydrogen-bond donors (Lipinski definition) is 1. The lowest BCUT2D eigenvalue weighted by Gasteiger charge is -2.11. The molecule has 3 aromatic rings. The van der Waals surface area contributed by atoms with E-state index in [2.05, 4.69) is 4.98 Å². The zero-order chi connectivity index (χ0) is 17.3. The summed E-state index contributed by atoms with van der Waals surface area (Å²) in [5.74, 6) is -1.54. The van der Waals surface area contributed by atoms with Crippen molar-refractivity contribution in [3.63, 3.8) is 0 Å². The molecule has 6 heteroatoms. The van der Waals surface area contributed by atoms with E-state index >= 15 is 0 Å². The Morgan fingerprint density at radius 2 is 1.75 bits per heavy atom. The number of nitriles is 1. The van der Waals surface area contributed by atoms with Crippen LogP contribution >= 0.6 is 11.6 Å². The monoisotopic (exact) mass is 341 g/mol. The summed E-state index contributed by atoms with van der Waals surface area (Å²) in [6, 6.07) is 13.5. The highest BCUT2D eigenvalue weighted by Gasteiger charge is 2.17. The number of pyridine rings is 1. The maximum atomic E-state index is 14.2. The minimum absolute atomic E-state index is 0.0244. The molecule has 1 heterocycles. The van der Waals surface area contributed by atoms with Crippen LogP contribution in [0.5, 0.6) is 0 Å². The van der Waals surface area contributed by atoms with Gasteiger partial charge in [0, 0.05) is 27.8 Å². The van der Waals surface area contributed by atoms with Gasteiger partial charge in [0.15, 0.2) is 0 Å². The second-order valence-corrected chi connectivity index (χ2v) is 5.44. The molecule has 0 radical (unpaired) electrons. The van der Waals surface area contributed by atoms with Crippen LogP contribution in [0, 0.1) is 23.0 Å². The van der Waals surface area contributed by atoms with Crippen LogP contribution in [0.25, 0.3) is 22.4 Å². The lowest BCUT2D eigenvalue weighted by molar-refractivity contribution is 0.585. The molecule has 2 aromatic carbocycles. The van der Waals surface area contributed by atoms with E-state index in [-0.39, 0.29) is 22.5 Å². The first kappa shape index (κ1) is 15.9. The molecule has 0 spiro atoms. The van der Waals surface area contributed by atoms with Crippen molar-refractivity contribution in [1.29, 1.82) is 5.26 Å². The standard InChI is InChI=1S/C18H10ClF2N3/c19-15-4-2-1-3-12(15)17-8-13(14(9-22)18(23)24-17)11-6-5-10(20)7-16(11)21/h1-8H,(H2,23,24). The van der Waals surface area contributed by atoms with Crippen molar-refractivity contribution in [3.8, 4) is 28.5 Å². The highest BCUT2D eigenvalue weighted by atomic mass is 35.5. The molecule has 0 fully saturated rings. The number of nitrogens with two attached hydrogens (primary N) is 1. The Morgan fingerprint density at radius 1 is 1.00 bits per heavy atom. The molecule has 0 saturated carbocycles.